The van der Waals surface area contributed by atoms with E-state index in [1.54, 1.807) is 26.4 Å². The normalized spacial score (nSPS) is 15.0. The summed E-state index contributed by atoms with van der Waals surface area (Å²) in [6.45, 7) is 6.51. The summed E-state index contributed by atoms with van der Waals surface area (Å²) >= 11 is 0. The lowest BCUT2D eigenvalue weighted by molar-refractivity contribution is -0.917. The van der Waals surface area contributed by atoms with Crippen LogP contribution in [-0.4, -0.2) is 51.2 Å². The maximum absolute atomic E-state index is 12.9. The van der Waals surface area contributed by atoms with E-state index >= 15 is 0 Å². The summed E-state index contributed by atoms with van der Waals surface area (Å²) in [5.41, 5.74) is 3.19. The van der Waals surface area contributed by atoms with Crippen molar-refractivity contribution in [1.29, 1.82) is 0 Å². The first-order valence-electron chi connectivity index (χ1n) is 9.01. The minimum absolute atomic E-state index is 0.00939. The fourth-order valence-electron chi connectivity index (χ4n) is 3.42. The van der Waals surface area contributed by atoms with Crippen molar-refractivity contribution in [2.75, 3.05) is 40.4 Å². The van der Waals surface area contributed by atoms with E-state index in [-0.39, 0.29) is 5.91 Å². The molecule has 1 N–H and O–H groups in total. The molecule has 0 unspecified atom stereocenters. The molecule has 2 aromatic carbocycles. The van der Waals surface area contributed by atoms with Crippen LogP contribution in [0, 0.1) is 6.92 Å². The number of para-hydroxylation sites is 1. The summed E-state index contributed by atoms with van der Waals surface area (Å²) < 4.78 is 10.7. The van der Waals surface area contributed by atoms with Gasteiger partial charge in [-0.1, -0.05) is 35.9 Å². The topological polar surface area (TPSA) is 43.2 Å². The Hall–Kier alpha value is -2.53. The number of hydrogen-bond donors (Lipinski definition) is 1. The number of nitrogens with one attached hydrogen (secondary N) is 1. The number of benzene rings is 2. The summed E-state index contributed by atoms with van der Waals surface area (Å²) in [6, 6.07) is 14.1. The van der Waals surface area contributed by atoms with Gasteiger partial charge in [-0.15, -0.1) is 0 Å². The Labute approximate surface area is 155 Å². The lowest BCUT2D eigenvalue weighted by atomic mass is 10.1. The second-order valence-corrected chi connectivity index (χ2v) is 6.75. The number of hydrogen-bond acceptors (Lipinski definition) is 3. The molecule has 26 heavy (non-hydrogen) atoms. The van der Waals surface area contributed by atoms with Crippen molar-refractivity contribution >= 4 is 5.91 Å². The van der Waals surface area contributed by atoms with E-state index in [9.17, 15) is 4.79 Å². The second kappa shape index (κ2) is 8.23. The quantitative estimate of drug-likeness (QED) is 0.885. The number of nitrogens with zero attached hydrogens (tertiary/aromatic N) is 1. The number of methoxy groups -OCH3 is 2. The molecule has 1 aliphatic heterocycles. The first-order chi connectivity index (χ1) is 12.6. The Balaban J connectivity index is 1.63. The molecule has 0 aromatic heterocycles. The molecule has 1 saturated heterocycles. The molecule has 0 spiro atoms. The fraction of sp³-hybridized carbons (Fsp3) is 0.381. The smallest absolute Gasteiger partial charge is 0.258 e. The SMILES string of the molecule is COc1cccc(C(=O)N2CC[NH+](Cc3ccc(C)cc3)CC2)c1OC. The Morgan fingerprint density at radius 3 is 2.35 bits per heavy atom. The second-order valence-electron chi connectivity index (χ2n) is 6.75. The van der Waals surface area contributed by atoms with Gasteiger partial charge >= 0.3 is 0 Å². The van der Waals surface area contributed by atoms with E-state index in [0.717, 1.165) is 32.7 Å². The molecule has 1 amide bonds. The molecule has 1 aliphatic rings. The van der Waals surface area contributed by atoms with Gasteiger partial charge < -0.3 is 19.3 Å². The van der Waals surface area contributed by atoms with Crippen LogP contribution >= 0.6 is 0 Å². The van der Waals surface area contributed by atoms with Crippen molar-refractivity contribution < 1.29 is 19.2 Å². The van der Waals surface area contributed by atoms with Gasteiger partial charge in [-0.3, -0.25) is 4.79 Å². The Morgan fingerprint density at radius 1 is 1.04 bits per heavy atom. The third-order valence-corrected chi connectivity index (χ3v) is 4.97. The van der Waals surface area contributed by atoms with Gasteiger partial charge in [0, 0.05) is 5.56 Å². The van der Waals surface area contributed by atoms with Gasteiger partial charge in [-0.2, -0.15) is 0 Å². The fourth-order valence-corrected chi connectivity index (χ4v) is 3.42. The van der Waals surface area contributed by atoms with Gasteiger partial charge in [0.1, 0.15) is 6.54 Å². The number of carbonyl (C=O) groups excluding carboxylic acids is 1. The van der Waals surface area contributed by atoms with Crippen LogP contribution in [0.15, 0.2) is 42.5 Å². The average Bonchev–Trinajstić information content (AvgIpc) is 2.69. The Kier molecular flexibility index (Phi) is 5.78. The summed E-state index contributed by atoms with van der Waals surface area (Å²) in [5, 5.41) is 0. The predicted octanol–water partition coefficient (Wildman–Crippen LogP) is 1.55. The van der Waals surface area contributed by atoms with Crippen LogP contribution in [0.3, 0.4) is 0 Å². The molecule has 0 bridgehead atoms. The molecule has 0 radical (unpaired) electrons. The minimum Gasteiger partial charge on any atom is -0.493 e. The summed E-state index contributed by atoms with van der Waals surface area (Å²) in [7, 11) is 3.15. The number of rotatable bonds is 5. The molecule has 1 fully saturated rings. The van der Waals surface area contributed by atoms with Crippen LogP contribution in [0.25, 0.3) is 0 Å². The highest BCUT2D eigenvalue weighted by Crippen LogP contribution is 2.31. The zero-order valence-electron chi connectivity index (χ0n) is 15.7. The number of aryl methyl sites for hydroxylation is 1. The van der Waals surface area contributed by atoms with Gasteiger partial charge in [-0.25, -0.2) is 0 Å². The largest absolute Gasteiger partial charge is 0.493 e. The van der Waals surface area contributed by atoms with Gasteiger partial charge in [0.25, 0.3) is 5.91 Å². The van der Waals surface area contributed by atoms with E-state index in [1.807, 2.05) is 11.0 Å². The molecule has 2 aromatic rings. The maximum atomic E-state index is 12.9. The molecule has 138 valence electrons. The number of amides is 1. The van der Waals surface area contributed by atoms with Crippen molar-refractivity contribution in [2.24, 2.45) is 0 Å². The first kappa shape index (κ1) is 18.3. The summed E-state index contributed by atoms with van der Waals surface area (Å²) in [6.07, 6.45) is 0. The summed E-state index contributed by atoms with van der Waals surface area (Å²) in [4.78, 5) is 16.4. The molecular formula is C21H27N2O3+. The molecule has 1 heterocycles. The van der Waals surface area contributed by atoms with E-state index in [4.69, 9.17) is 9.47 Å². The zero-order valence-corrected chi connectivity index (χ0v) is 15.7. The van der Waals surface area contributed by atoms with Crippen molar-refractivity contribution in [2.45, 2.75) is 13.5 Å². The molecule has 5 nitrogen and oxygen atoms in total. The van der Waals surface area contributed by atoms with Crippen molar-refractivity contribution in [1.82, 2.24) is 4.90 Å². The van der Waals surface area contributed by atoms with Crippen LogP contribution in [0.4, 0.5) is 0 Å². The molecular weight excluding hydrogens is 328 g/mol. The first-order valence-corrected chi connectivity index (χ1v) is 9.01. The van der Waals surface area contributed by atoms with Gasteiger partial charge in [0.2, 0.25) is 0 Å². The van der Waals surface area contributed by atoms with Crippen molar-refractivity contribution in [3.63, 3.8) is 0 Å². The number of carbonyl (C=O) groups is 1. The highest BCUT2D eigenvalue weighted by molar-refractivity contribution is 5.97. The number of piperazine rings is 1. The van der Waals surface area contributed by atoms with Crippen LogP contribution in [0.2, 0.25) is 0 Å². The molecule has 3 rings (SSSR count). The van der Waals surface area contributed by atoms with Crippen LogP contribution in [0.5, 0.6) is 11.5 Å². The molecule has 0 aliphatic carbocycles. The monoisotopic (exact) mass is 355 g/mol. The van der Waals surface area contributed by atoms with Crippen LogP contribution in [0.1, 0.15) is 21.5 Å². The number of ether oxygens (including phenoxy) is 2. The molecule has 0 atom stereocenters. The Morgan fingerprint density at radius 2 is 1.73 bits per heavy atom. The van der Waals surface area contributed by atoms with Gasteiger partial charge in [0.15, 0.2) is 11.5 Å². The Bertz CT molecular complexity index is 750. The highest BCUT2D eigenvalue weighted by Gasteiger charge is 2.27. The van der Waals surface area contributed by atoms with E-state index in [1.165, 1.54) is 16.0 Å². The van der Waals surface area contributed by atoms with Gasteiger partial charge in [-0.05, 0) is 19.1 Å². The lowest BCUT2D eigenvalue weighted by Gasteiger charge is -2.32. The van der Waals surface area contributed by atoms with Crippen LogP contribution in [-0.2, 0) is 6.54 Å². The standard InChI is InChI=1S/C21H26N2O3/c1-16-7-9-17(10-8-16)15-22-11-13-23(14-12-22)21(24)18-5-4-6-19(25-2)20(18)26-3/h4-10H,11-15H2,1-3H3/p+1. The van der Waals surface area contributed by atoms with E-state index in [0.29, 0.717) is 17.1 Å². The predicted molar refractivity (Wildman–Crippen MR) is 101 cm³/mol. The number of quaternary nitrogens is 1. The third kappa shape index (κ3) is 3.99. The zero-order chi connectivity index (χ0) is 18.5. The minimum atomic E-state index is 0.00939. The van der Waals surface area contributed by atoms with Crippen molar-refractivity contribution in [3.8, 4) is 11.5 Å². The molecule has 5 heteroatoms. The maximum Gasteiger partial charge on any atom is 0.258 e. The summed E-state index contributed by atoms with van der Waals surface area (Å²) in [5.74, 6) is 1.10. The molecule has 0 saturated carbocycles. The van der Waals surface area contributed by atoms with Gasteiger partial charge in [0.05, 0.1) is 46.0 Å². The van der Waals surface area contributed by atoms with E-state index in [2.05, 4.69) is 31.2 Å². The highest BCUT2D eigenvalue weighted by atomic mass is 16.5. The lowest BCUT2D eigenvalue weighted by Crippen LogP contribution is -3.13. The average molecular weight is 355 g/mol. The third-order valence-electron chi connectivity index (χ3n) is 4.97. The van der Waals surface area contributed by atoms with Crippen molar-refractivity contribution in [3.05, 3.63) is 59.2 Å². The van der Waals surface area contributed by atoms with E-state index < -0.39 is 0 Å². The van der Waals surface area contributed by atoms with Crippen LogP contribution < -0.4 is 14.4 Å².